The molecule has 2 unspecified atom stereocenters. The van der Waals surface area contributed by atoms with Crippen molar-refractivity contribution in [3.8, 4) is 0 Å². The fraction of sp³-hybridized carbons (Fsp3) is 1.00. The highest BCUT2D eigenvalue weighted by molar-refractivity contribution is 8.00. The van der Waals surface area contributed by atoms with Gasteiger partial charge >= 0.3 is 0 Å². The van der Waals surface area contributed by atoms with Gasteiger partial charge in [0.25, 0.3) is 0 Å². The first-order valence-electron chi connectivity index (χ1n) is 4.35. The van der Waals surface area contributed by atoms with Gasteiger partial charge in [0.05, 0.1) is 0 Å². The van der Waals surface area contributed by atoms with E-state index in [0.717, 1.165) is 16.4 Å². The highest BCUT2D eigenvalue weighted by Crippen LogP contribution is 2.36. The Morgan fingerprint density at radius 1 is 1.30 bits per heavy atom. The summed E-state index contributed by atoms with van der Waals surface area (Å²) in [7, 11) is 0. The van der Waals surface area contributed by atoms with Crippen LogP contribution in [0.5, 0.6) is 0 Å². The Hall–Kier alpha value is 0.350. The molecule has 0 N–H and O–H groups in total. The Labute approximate surface area is 68.8 Å². The van der Waals surface area contributed by atoms with Crippen molar-refractivity contribution in [1.82, 2.24) is 0 Å². The highest BCUT2D eigenvalue weighted by Gasteiger charge is 2.23. The van der Waals surface area contributed by atoms with Crippen molar-refractivity contribution in [3.05, 3.63) is 0 Å². The van der Waals surface area contributed by atoms with E-state index < -0.39 is 0 Å². The minimum Gasteiger partial charge on any atom is -0.155 e. The third-order valence-electron chi connectivity index (χ3n) is 2.23. The molecule has 0 radical (unpaired) electrons. The largest absolute Gasteiger partial charge is 0.155 e. The van der Waals surface area contributed by atoms with Crippen LogP contribution in [0.15, 0.2) is 0 Å². The molecule has 0 heterocycles. The molecule has 1 aliphatic carbocycles. The summed E-state index contributed by atoms with van der Waals surface area (Å²) in [6, 6.07) is 0. The molecule has 0 spiro atoms. The van der Waals surface area contributed by atoms with Gasteiger partial charge in [0.2, 0.25) is 0 Å². The first-order chi connectivity index (χ1) is 4.70. The van der Waals surface area contributed by atoms with Gasteiger partial charge in [-0.25, -0.2) is 0 Å². The fourth-order valence-electron chi connectivity index (χ4n) is 1.66. The standard InChI is InChI=1S/C9H18S/c1-7(2)10-9-6-4-5-8(9)3/h7-9H,4-6H2,1-3H3. The summed E-state index contributed by atoms with van der Waals surface area (Å²) in [4.78, 5) is 0. The van der Waals surface area contributed by atoms with Crippen molar-refractivity contribution in [2.75, 3.05) is 0 Å². The zero-order valence-electron chi connectivity index (χ0n) is 7.26. The molecule has 1 aliphatic rings. The molecule has 1 heteroatoms. The Balaban J connectivity index is 2.26. The summed E-state index contributed by atoms with van der Waals surface area (Å²) in [5.41, 5.74) is 0. The molecule has 0 aromatic carbocycles. The predicted molar refractivity (Wildman–Crippen MR) is 49.5 cm³/mol. The predicted octanol–water partition coefficient (Wildman–Crippen LogP) is 3.32. The van der Waals surface area contributed by atoms with Crippen LogP contribution in [0.25, 0.3) is 0 Å². The maximum absolute atomic E-state index is 2.40. The average Bonchev–Trinajstić information content (AvgIpc) is 2.15. The molecule has 2 atom stereocenters. The molecule has 0 aromatic rings. The SMILES string of the molecule is CC(C)SC1CCCC1C. The summed E-state index contributed by atoms with van der Waals surface area (Å²) >= 11 is 2.17. The van der Waals surface area contributed by atoms with E-state index >= 15 is 0 Å². The second-order valence-corrected chi connectivity index (χ2v) is 5.45. The molecule has 0 amide bonds. The molecule has 0 saturated heterocycles. The molecule has 60 valence electrons. The first kappa shape index (κ1) is 8.45. The molecule has 1 fully saturated rings. The Morgan fingerprint density at radius 3 is 2.40 bits per heavy atom. The third kappa shape index (κ3) is 2.19. The number of hydrogen-bond donors (Lipinski definition) is 0. The molecule has 0 aromatic heterocycles. The lowest BCUT2D eigenvalue weighted by molar-refractivity contribution is 0.623. The zero-order chi connectivity index (χ0) is 7.56. The lowest BCUT2D eigenvalue weighted by Gasteiger charge is -2.16. The van der Waals surface area contributed by atoms with Crippen molar-refractivity contribution in [2.45, 2.75) is 50.5 Å². The van der Waals surface area contributed by atoms with E-state index in [1.165, 1.54) is 19.3 Å². The van der Waals surface area contributed by atoms with Gasteiger partial charge in [-0.1, -0.05) is 27.2 Å². The summed E-state index contributed by atoms with van der Waals surface area (Å²) in [5.74, 6) is 0.979. The minimum atomic E-state index is 0.825. The zero-order valence-corrected chi connectivity index (χ0v) is 8.08. The molecule has 0 nitrogen and oxygen atoms in total. The van der Waals surface area contributed by atoms with E-state index in [0.29, 0.717) is 0 Å². The maximum Gasteiger partial charge on any atom is 0.00752 e. The normalized spacial score (nSPS) is 33.6. The monoisotopic (exact) mass is 158 g/mol. The van der Waals surface area contributed by atoms with Crippen molar-refractivity contribution < 1.29 is 0 Å². The van der Waals surface area contributed by atoms with Gasteiger partial charge in [-0.3, -0.25) is 0 Å². The highest BCUT2D eigenvalue weighted by atomic mass is 32.2. The van der Waals surface area contributed by atoms with Crippen LogP contribution in [-0.2, 0) is 0 Å². The van der Waals surface area contributed by atoms with E-state index in [1.807, 2.05) is 0 Å². The molecule has 1 rings (SSSR count). The van der Waals surface area contributed by atoms with Gasteiger partial charge in [-0.05, 0) is 24.0 Å². The molecule has 0 bridgehead atoms. The maximum atomic E-state index is 2.40. The summed E-state index contributed by atoms with van der Waals surface area (Å²) in [6.07, 6.45) is 4.39. The van der Waals surface area contributed by atoms with Crippen molar-refractivity contribution >= 4 is 11.8 Å². The van der Waals surface area contributed by atoms with E-state index in [-0.39, 0.29) is 0 Å². The Kier molecular flexibility index (Phi) is 3.09. The van der Waals surface area contributed by atoms with Crippen LogP contribution in [0.3, 0.4) is 0 Å². The molecule has 0 aliphatic heterocycles. The van der Waals surface area contributed by atoms with Crippen LogP contribution in [0, 0.1) is 5.92 Å². The van der Waals surface area contributed by atoms with Crippen LogP contribution in [0.4, 0.5) is 0 Å². The van der Waals surface area contributed by atoms with E-state index in [1.54, 1.807) is 0 Å². The van der Waals surface area contributed by atoms with Crippen LogP contribution in [-0.4, -0.2) is 10.5 Å². The van der Waals surface area contributed by atoms with E-state index in [9.17, 15) is 0 Å². The van der Waals surface area contributed by atoms with Crippen molar-refractivity contribution in [1.29, 1.82) is 0 Å². The van der Waals surface area contributed by atoms with Gasteiger partial charge in [-0.15, -0.1) is 0 Å². The average molecular weight is 158 g/mol. The molecule has 10 heavy (non-hydrogen) atoms. The molecular formula is C9H18S. The van der Waals surface area contributed by atoms with Crippen LogP contribution >= 0.6 is 11.8 Å². The fourth-order valence-corrected chi connectivity index (χ4v) is 3.07. The van der Waals surface area contributed by atoms with Crippen LogP contribution < -0.4 is 0 Å². The summed E-state index contributed by atoms with van der Waals surface area (Å²) in [5, 5.41) is 1.80. The molecular weight excluding hydrogens is 140 g/mol. The Bertz CT molecular complexity index is 98.9. The van der Waals surface area contributed by atoms with Gasteiger partial charge < -0.3 is 0 Å². The second-order valence-electron chi connectivity index (χ2n) is 3.63. The number of rotatable bonds is 2. The van der Waals surface area contributed by atoms with Gasteiger partial charge in [0.15, 0.2) is 0 Å². The second kappa shape index (κ2) is 3.66. The van der Waals surface area contributed by atoms with Crippen LogP contribution in [0.1, 0.15) is 40.0 Å². The summed E-state index contributed by atoms with van der Waals surface area (Å²) < 4.78 is 0. The lowest BCUT2D eigenvalue weighted by Crippen LogP contribution is -2.08. The minimum absolute atomic E-state index is 0.825. The number of thioether (sulfide) groups is 1. The smallest absolute Gasteiger partial charge is 0.00752 e. The van der Waals surface area contributed by atoms with Crippen LogP contribution in [0.2, 0.25) is 0 Å². The third-order valence-corrected chi connectivity index (χ3v) is 3.82. The van der Waals surface area contributed by atoms with E-state index in [2.05, 4.69) is 32.5 Å². The topological polar surface area (TPSA) is 0 Å². The van der Waals surface area contributed by atoms with Gasteiger partial charge in [0.1, 0.15) is 0 Å². The lowest BCUT2D eigenvalue weighted by atomic mass is 10.1. The van der Waals surface area contributed by atoms with Gasteiger partial charge in [-0.2, -0.15) is 11.8 Å². The van der Waals surface area contributed by atoms with Crippen molar-refractivity contribution in [3.63, 3.8) is 0 Å². The van der Waals surface area contributed by atoms with Gasteiger partial charge in [0, 0.05) is 5.25 Å². The first-order valence-corrected chi connectivity index (χ1v) is 5.30. The number of hydrogen-bond acceptors (Lipinski definition) is 1. The molecule has 1 saturated carbocycles. The Morgan fingerprint density at radius 2 is 2.00 bits per heavy atom. The summed E-state index contributed by atoms with van der Waals surface area (Å²) in [6.45, 7) is 7.00. The van der Waals surface area contributed by atoms with Crippen molar-refractivity contribution in [2.24, 2.45) is 5.92 Å². The van der Waals surface area contributed by atoms with E-state index in [4.69, 9.17) is 0 Å². The quantitative estimate of drug-likeness (QED) is 0.594.